The molecular formula is C20H34IN3O3. The van der Waals surface area contributed by atoms with Gasteiger partial charge in [-0.05, 0) is 56.2 Å². The van der Waals surface area contributed by atoms with Crippen LogP contribution in [-0.2, 0) is 11.2 Å². The van der Waals surface area contributed by atoms with Crippen molar-refractivity contribution in [2.45, 2.75) is 32.6 Å². The lowest BCUT2D eigenvalue weighted by Crippen LogP contribution is -2.40. The molecule has 6 nitrogen and oxygen atoms in total. The Labute approximate surface area is 180 Å². The molecule has 27 heavy (non-hydrogen) atoms. The molecule has 1 heterocycles. The minimum Gasteiger partial charge on any atom is -0.504 e. The number of guanidine groups is 1. The van der Waals surface area contributed by atoms with E-state index in [1.165, 1.54) is 19.3 Å². The predicted molar refractivity (Wildman–Crippen MR) is 121 cm³/mol. The summed E-state index contributed by atoms with van der Waals surface area (Å²) in [6.45, 7) is 6.44. The number of rotatable bonds is 8. The Hall–Kier alpha value is -1.22. The van der Waals surface area contributed by atoms with Gasteiger partial charge in [-0.3, -0.25) is 4.99 Å². The van der Waals surface area contributed by atoms with E-state index in [0.717, 1.165) is 50.2 Å². The molecule has 1 aliphatic heterocycles. The van der Waals surface area contributed by atoms with Crippen LogP contribution in [0.4, 0.5) is 0 Å². The fourth-order valence-electron chi connectivity index (χ4n) is 3.16. The van der Waals surface area contributed by atoms with Crippen LogP contribution in [0, 0.1) is 5.92 Å². The zero-order valence-electron chi connectivity index (χ0n) is 16.7. The van der Waals surface area contributed by atoms with Gasteiger partial charge in [-0.25, -0.2) is 0 Å². The second-order valence-electron chi connectivity index (χ2n) is 6.76. The largest absolute Gasteiger partial charge is 0.504 e. The maximum atomic E-state index is 9.68. The second kappa shape index (κ2) is 13.0. The van der Waals surface area contributed by atoms with Gasteiger partial charge < -0.3 is 24.8 Å². The Balaban J connectivity index is 0.00000364. The summed E-state index contributed by atoms with van der Waals surface area (Å²) in [4.78, 5) is 6.97. The average molecular weight is 491 g/mol. The van der Waals surface area contributed by atoms with Crippen LogP contribution in [-0.4, -0.2) is 63.0 Å². The van der Waals surface area contributed by atoms with Crippen LogP contribution in [0.25, 0.3) is 0 Å². The molecule has 0 aromatic heterocycles. The van der Waals surface area contributed by atoms with Crippen molar-refractivity contribution in [3.05, 3.63) is 23.8 Å². The molecule has 1 saturated heterocycles. The first-order valence-corrected chi connectivity index (χ1v) is 9.57. The van der Waals surface area contributed by atoms with E-state index in [0.29, 0.717) is 12.3 Å². The van der Waals surface area contributed by atoms with Crippen molar-refractivity contribution < 1.29 is 14.6 Å². The van der Waals surface area contributed by atoms with Gasteiger partial charge in [0, 0.05) is 39.9 Å². The molecule has 1 aromatic carbocycles. The Kier molecular flexibility index (Phi) is 11.5. The van der Waals surface area contributed by atoms with Gasteiger partial charge >= 0.3 is 0 Å². The molecule has 0 aliphatic carbocycles. The maximum absolute atomic E-state index is 9.68. The van der Waals surface area contributed by atoms with Crippen LogP contribution >= 0.6 is 24.0 Å². The topological polar surface area (TPSA) is 66.3 Å². The molecule has 0 amide bonds. The summed E-state index contributed by atoms with van der Waals surface area (Å²) in [7, 11) is 3.66. The average Bonchev–Trinajstić information content (AvgIpc) is 2.67. The summed E-state index contributed by atoms with van der Waals surface area (Å²) in [5.74, 6) is 2.39. The van der Waals surface area contributed by atoms with Crippen LogP contribution < -0.4 is 10.1 Å². The number of methoxy groups -OCH3 is 1. The Morgan fingerprint density at radius 2 is 2.11 bits per heavy atom. The van der Waals surface area contributed by atoms with Gasteiger partial charge in [0.05, 0.1) is 7.11 Å². The van der Waals surface area contributed by atoms with Crippen molar-refractivity contribution in [1.82, 2.24) is 10.2 Å². The standard InChI is InChI=1S/C20H33N3O3.HI/c1-4-21-20(23(2)12-8-16-9-13-26-14-10-16)22-11-7-17-5-6-18(24)19(15-17)25-3;/h5-6,15-16,24H,4,7-14H2,1-3H3,(H,21,22);1H. The Morgan fingerprint density at radius 1 is 1.37 bits per heavy atom. The van der Waals surface area contributed by atoms with E-state index in [2.05, 4.69) is 24.2 Å². The Morgan fingerprint density at radius 3 is 2.78 bits per heavy atom. The van der Waals surface area contributed by atoms with Crippen molar-refractivity contribution in [2.24, 2.45) is 10.9 Å². The summed E-state index contributed by atoms with van der Waals surface area (Å²) in [6, 6.07) is 5.45. The first-order valence-electron chi connectivity index (χ1n) is 9.57. The smallest absolute Gasteiger partial charge is 0.193 e. The van der Waals surface area contributed by atoms with Crippen LogP contribution in [0.3, 0.4) is 0 Å². The molecule has 154 valence electrons. The van der Waals surface area contributed by atoms with Gasteiger partial charge in [0.15, 0.2) is 17.5 Å². The van der Waals surface area contributed by atoms with E-state index in [1.54, 1.807) is 13.2 Å². The van der Waals surface area contributed by atoms with Gasteiger partial charge in [-0.1, -0.05) is 6.07 Å². The highest BCUT2D eigenvalue weighted by Gasteiger charge is 2.15. The molecule has 0 unspecified atom stereocenters. The minimum absolute atomic E-state index is 0. The molecule has 0 bridgehead atoms. The third-order valence-electron chi connectivity index (χ3n) is 4.82. The Bertz CT molecular complexity index is 578. The van der Waals surface area contributed by atoms with Gasteiger partial charge in [0.2, 0.25) is 0 Å². The third-order valence-corrected chi connectivity index (χ3v) is 4.82. The van der Waals surface area contributed by atoms with E-state index in [1.807, 2.05) is 12.1 Å². The number of nitrogens with one attached hydrogen (secondary N) is 1. The van der Waals surface area contributed by atoms with E-state index < -0.39 is 0 Å². The molecule has 7 heteroatoms. The number of hydrogen-bond acceptors (Lipinski definition) is 4. The summed E-state index contributed by atoms with van der Waals surface area (Å²) < 4.78 is 10.6. The number of aromatic hydroxyl groups is 1. The minimum atomic E-state index is 0. The number of phenols is 1. The summed E-state index contributed by atoms with van der Waals surface area (Å²) >= 11 is 0. The SMILES string of the molecule is CCNC(=NCCc1ccc(O)c(OC)c1)N(C)CCC1CCOCC1.I. The van der Waals surface area contributed by atoms with E-state index in [4.69, 9.17) is 14.5 Å². The molecular weight excluding hydrogens is 457 g/mol. The van der Waals surface area contributed by atoms with Crippen molar-refractivity contribution in [3.63, 3.8) is 0 Å². The lowest BCUT2D eigenvalue weighted by molar-refractivity contribution is 0.0625. The first-order chi connectivity index (χ1) is 12.6. The lowest BCUT2D eigenvalue weighted by atomic mass is 9.96. The van der Waals surface area contributed by atoms with E-state index in [9.17, 15) is 5.11 Å². The highest BCUT2D eigenvalue weighted by molar-refractivity contribution is 14.0. The molecule has 1 aromatic rings. The first kappa shape index (κ1) is 23.8. The quantitative estimate of drug-likeness (QED) is 0.332. The second-order valence-corrected chi connectivity index (χ2v) is 6.76. The van der Waals surface area contributed by atoms with Crippen LogP contribution in [0.2, 0.25) is 0 Å². The molecule has 1 aliphatic rings. The monoisotopic (exact) mass is 491 g/mol. The summed E-state index contributed by atoms with van der Waals surface area (Å²) in [5, 5.41) is 13.1. The number of nitrogens with zero attached hydrogens (tertiary/aromatic N) is 2. The molecule has 2 N–H and O–H groups in total. The van der Waals surface area contributed by atoms with Crippen LogP contribution in [0.5, 0.6) is 11.5 Å². The van der Waals surface area contributed by atoms with Crippen molar-refractivity contribution >= 4 is 29.9 Å². The van der Waals surface area contributed by atoms with E-state index >= 15 is 0 Å². The number of benzene rings is 1. The number of aliphatic imine (C=N–C) groups is 1. The van der Waals surface area contributed by atoms with Gasteiger partial charge in [0.25, 0.3) is 0 Å². The highest BCUT2D eigenvalue weighted by atomic mass is 127. The lowest BCUT2D eigenvalue weighted by Gasteiger charge is -2.26. The van der Waals surface area contributed by atoms with Crippen molar-refractivity contribution in [3.8, 4) is 11.5 Å². The molecule has 0 saturated carbocycles. The predicted octanol–water partition coefficient (Wildman–Crippen LogP) is 3.28. The number of halogens is 1. The third kappa shape index (κ3) is 8.13. The van der Waals surface area contributed by atoms with Crippen LogP contribution in [0.1, 0.15) is 31.7 Å². The van der Waals surface area contributed by atoms with Gasteiger partial charge in [-0.15, -0.1) is 24.0 Å². The molecule has 1 fully saturated rings. The summed E-state index contributed by atoms with van der Waals surface area (Å²) in [5.41, 5.74) is 1.10. The van der Waals surface area contributed by atoms with Crippen LogP contribution in [0.15, 0.2) is 23.2 Å². The molecule has 0 atom stereocenters. The zero-order chi connectivity index (χ0) is 18.8. The number of phenolic OH excluding ortho intramolecular Hbond substituents is 1. The normalized spacial score (nSPS) is 15.1. The fourth-order valence-corrected chi connectivity index (χ4v) is 3.16. The van der Waals surface area contributed by atoms with E-state index in [-0.39, 0.29) is 29.7 Å². The van der Waals surface area contributed by atoms with Gasteiger partial charge in [0.1, 0.15) is 0 Å². The molecule has 2 rings (SSSR count). The van der Waals surface area contributed by atoms with Crippen molar-refractivity contribution in [2.75, 3.05) is 47.0 Å². The molecule has 0 spiro atoms. The van der Waals surface area contributed by atoms with Crippen molar-refractivity contribution in [1.29, 1.82) is 0 Å². The number of hydrogen-bond donors (Lipinski definition) is 2. The highest BCUT2D eigenvalue weighted by Crippen LogP contribution is 2.26. The maximum Gasteiger partial charge on any atom is 0.193 e. The molecule has 0 radical (unpaired) electrons. The zero-order valence-corrected chi connectivity index (χ0v) is 19.1. The fraction of sp³-hybridized carbons (Fsp3) is 0.650. The summed E-state index contributed by atoms with van der Waals surface area (Å²) in [6.07, 6.45) is 4.33. The van der Waals surface area contributed by atoms with Gasteiger partial charge in [-0.2, -0.15) is 0 Å². The number of ether oxygens (including phenoxy) is 2.